The van der Waals surface area contributed by atoms with Crippen LogP contribution in [-0.2, 0) is 13.1 Å². The van der Waals surface area contributed by atoms with E-state index in [0.29, 0.717) is 18.0 Å². The summed E-state index contributed by atoms with van der Waals surface area (Å²) in [6.07, 6.45) is 4.86. The molecule has 2 aliphatic heterocycles. The molecule has 5 nitrogen and oxygen atoms in total. The van der Waals surface area contributed by atoms with Crippen molar-refractivity contribution in [2.75, 3.05) is 40.3 Å². The standard InChI is InChI=1S/C37H59ClN4O/c1-28(43-34-16-12-30(13-17-34)25-39(8)33-18-21-41(22-19-33)36(2,3)4)24-31-27-42(37(5,6)7)23-20-35(31)40(9)26-29-10-14-32(38)15-11-29/h10-17,28,31,33,35H,18-27H2,1-9H3. The second-order valence-corrected chi connectivity index (χ2v) is 15.8. The van der Waals surface area contributed by atoms with Crippen molar-refractivity contribution in [3.63, 3.8) is 0 Å². The summed E-state index contributed by atoms with van der Waals surface area (Å²) in [5, 5.41) is 0.797. The first-order valence-corrected chi connectivity index (χ1v) is 17.0. The lowest BCUT2D eigenvalue weighted by molar-refractivity contribution is 0.00526. The molecule has 0 amide bonds. The summed E-state index contributed by atoms with van der Waals surface area (Å²) in [4.78, 5) is 10.4. The summed E-state index contributed by atoms with van der Waals surface area (Å²) in [7, 11) is 4.57. The van der Waals surface area contributed by atoms with Crippen molar-refractivity contribution < 1.29 is 4.74 Å². The van der Waals surface area contributed by atoms with Crippen LogP contribution in [0.4, 0.5) is 0 Å². The van der Waals surface area contributed by atoms with E-state index in [2.05, 4.69) is 119 Å². The van der Waals surface area contributed by atoms with Gasteiger partial charge in [-0.1, -0.05) is 35.9 Å². The highest BCUT2D eigenvalue weighted by atomic mass is 35.5. The average Bonchev–Trinajstić information content (AvgIpc) is 2.94. The molecule has 0 aliphatic carbocycles. The zero-order valence-electron chi connectivity index (χ0n) is 28.6. The van der Waals surface area contributed by atoms with Gasteiger partial charge in [0.1, 0.15) is 5.75 Å². The van der Waals surface area contributed by atoms with Crippen molar-refractivity contribution in [1.29, 1.82) is 0 Å². The molecule has 3 atom stereocenters. The Morgan fingerprint density at radius 2 is 1.28 bits per heavy atom. The number of benzene rings is 2. The minimum Gasteiger partial charge on any atom is -0.491 e. The molecule has 2 aliphatic rings. The summed E-state index contributed by atoms with van der Waals surface area (Å²) in [5.41, 5.74) is 3.12. The molecule has 3 unspecified atom stereocenters. The van der Waals surface area contributed by atoms with Crippen LogP contribution in [0.3, 0.4) is 0 Å². The van der Waals surface area contributed by atoms with E-state index in [1.165, 1.54) is 43.5 Å². The summed E-state index contributed by atoms with van der Waals surface area (Å²) in [6.45, 7) is 22.8. The van der Waals surface area contributed by atoms with Gasteiger partial charge in [0.25, 0.3) is 0 Å². The summed E-state index contributed by atoms with van der Waals surface area (Å²) in [6, 6.07) is 18.4. The molecular weight excluding hydrogens is 552 g/mol. The van der Waals surface area contributed by atoms with Crippen LogP contribution in [-0.4, -0.2) is 89.1 Å². The third kappa shape index (κ3) is 9.93. The number of ether oxygens (including phenoxy) is 1. The van der Waals surface area contributed by atoms with E-state index < -0.39 is 0 Å². The Balaban J connectivity index is 1.32. The van der Waals surface area contributed by atoms with Gasteiger partial charge in [-0.05, 0) is 130 Å². The van der Waals surface area contributed by atoms with Crippen LogP contribution in [0.1, 0.15) is 85.3 Å². The fraction of sp³-hybridized carbons (Fsp3) is 0.676. The predicted octanol–water partition coefficient (Wildman–Crippen LogP) is 7.81. The molecule has 43 heavy (non-hydrogen) atoms. The highest BCUT2D eigenvalue weighted by Crippen LogP contribution is 2.32. The Bertz CT molecular complexity index is 1120. The molecule has 0 spiro atoms. The van der Waals surface area contributed by atoms with Crippen molar-refractivity contribution in [3.05, 3.63) is 64.7 Å². The van der Waals surface area contributed by atoms with E-state index in [1.807, 2.05) is 12.1 Å². The topological polar surface area (TPSA) is 22.2 Å². The van der Waals surface area contributed by atoms with Crippen LogP contribution in [0, 0.1) is 5.92 Å². The molecular formula is C37H59ClN4O. The van der Waals surface area contributed by atoms with E-state index in [0.717, 1.165) is 43.4 Å². The van der Waals surface area contributed by atoms with Gasteiger partial charge in [0.2, 0.25) is 0 Å². The van der Waals surface area contributed by atoms with E-state index in [4.69, 9.17) is 16.3 Å². The molecule has 2 saturated heterocycles. The number of piperidine rings is 2. The molecule has 0 bridgehead atoms. The van der Waals surface area contributed by atoms with E-state index in [1.54, 1.807) is 0 Å². The number of hydrogen-bond acceptors (Lipinski definition) is 5. The lowest BCUT2D eigenvalue weighted by atomic mass is 9.84. The zero-order valence-corrected chi connectivity index (χ0v) is 29.3. The lowest BCUT2D eigenvalue weighted by Gasteiger charge is -2.48. The van der Waals surface area contributed by atoms with Gasteiger partial charge in [-0.3, -0.25) is 19.6 Å². The van der Waals surface area contributed by atoms with Crippen LogP contribution in [0.5, 0.6) is 5.75 Å². The molecule has 2 aromatic rings. The zero-order chi connectivity index (χ0) is 31.4. The summed E-state index contributed by atoms with van der Waals surface area (Å²) in [5.74, 6) is 1.52. The maximum Gasteiger partial charge on any atom is 0.119 e. The molecule has 2 fully saturated rings. The van der Waals surface area contributed by atoms with Gasteiger partial charge in [0.15, 0.2) is 0 Å². The van der Waals surface area contributed by atoms with E-state index >= 15 is 0 Å². The van der Waals surface area contributed by atoms with Crippen LogP contribution < -0.4 is 4.74 Å². The fourth-order valence-corrected chi connectivity index (χ4v) is 7.34. The monoisotopic (exact) mass is 610 g/mol. The highest BCUT2D eigenvalue weighted by Gasteiger charge is 2.36. The molecule has 240 valence electrons. The molecule has 6 heteroatoms. The molecule has 0 N–H and O–H groups in total. The van der Waals surface area contributed by atoms with Gasteiger partial charge in [-0.25, -0.2) is 0 Å². The Labute approximate surface area is 268 Å². The molecule has 2 heterocycles. The number of likely N-dealkylation sites (tertiary alicyclic amines) is 2. The van der Waals surface area contributed by atoms with Crippen molar-refractivity contribution in [3.8, 4) is 5.75 Å². The minimum atomic E-state index is 0.151. The fourth-order valence-electron chi connectivity index (χ4n) is 7.21. The molecule has 0 radical (unpaired) electrons. The Kier molecular flexibility index (Phi) is 11.7. The van der Waals surface area contributed by atoms with Crippen molar-refractivity contribution >= 4 is 11.6 Å². The Hall–Kier alpha value is -1.63. The quantitative estimate of drug-likeness (QED) is 0.273. The van der Waals surface area contributed by atoms with Gasteiger partial charge >= 0.3 is 0 Å². The molecule has 2 aromatic carbocycles. The van der Waals surface area contributed by atoms with Crippen molar-refractivity contribution in [1.82, 2.24) is 19.6 Å². The second-order valence-electron chi connectivity index (χ2n) is 15.4. The largest absolute Gasteiger partial charge is 0.491 e. The maximum atomic E-state index is 6.55. The van der Waals surface area contributed by atoms with Gasteiger partial charge < -0.3 is 4.74 Å². The van der Waals surface area contributed by atoms with Crippen LogP contribution >= 0.6 is 11.6 Å². The molecule has 0 aromatic heterocycles. The van der Waals surface area contributed by atoms with Crippen LogP contribution in [0.2, 0.25) is 5.02 Å². The van der Waals surface area contributed by atoms with Crippen LogP contribution in [0.15, 0.2) is 48.5 Å². The van der Waals surface area contributed by atoms with Crippen molar-refractivity contribution in [2.24, 2.45) is 5.92 Å². The summed E-state index contributed by atoms with van der Waals surface area (Å²) < 4.78 is 6.55. The van der Waals surface area contributed by atoms with Gasteiger partial charge in [-0.15, -0.1) is 0 Å². The minimum absolute atomic E-state index is 0.151. The highest BCUT2D eigenvalue weighted by molar-refractivity contribution is 6.30. The maximum absolute atomic E-state index is 6.55. The Morgan fingerprint density at radius 3 is 1.84 bits per heavy atom. The summed E-state index contributed by atoms with van der Waals surface area (Å²) >= 11 is 6.15. The van der Waals surface area contributed by atoms with E-state index in [9.17, 15) is 0 Å². The van der Waals surface area contributed by atoms with Gasteiger partial charge in [-0.2, -0.15) is 0 Å². The van der Waals surface area contributed by atoms with Gasteiger partial charge in [0, 0.05) is 67.5 Å². The smallest absolute Gasteiger partial charge is 0.119 e. The third-order valence-corrected chi connectivity index (χ3v) is 10.2. The normalized spacial score (nSPS) is 22.3. The number of halogens is 1. The Morgan fingerprint density at radius 1 is 0.767 bits per heavy atom. The molecule has 0 saturated carbocycles. The SMILES string of the molecule is CC(CC1CN(C(C)(C)C)CCC1N(C)Cc1ccc(Cl)cc1)Oc1ccc(CN(C)C2CCN(C(C)(C)C)CC2)cc1. The van der Waals surface area contributed by atoms with Crippen molar-refractivity contribution in [2.45, 2.75) is 117 Å². The van der Waals surface area contributed by atoms with Crippen LogP contribution in [0.25, 0.3) is 0 Å². The number of rotatable bonds is 10. The first-order chi connectivity index (χ1) is 20.2. The van der Waals surface area contributed by atoms with E-state index in [-0.39, 0.29) is 17.2 Å². The second kappa shape index (κ2) is 14.6. The molecule has 4 rings (SSSR count). The third-order valence-electron chi connectivity index (χ3n) is 9.92. The predicted molar refractivity (Wildman–Crippen MR) is 183 cm³/mol. The lowest BCUT2D eigenvalue weighted by Crippen LogP contribution is -2.55. The number of hydrogen-bond donors (Lipinski definition) is 0. The van der Waals surface area contributed by atoms with Gasteiger partial charge in [0.05, 0.1) is 6.10 Å². The first kappa shape index (κ1) is 34.2. The average molecular weight is 611 g/mol. The first-order valence-electron chi connectivity index (χ1n) is 16.6. The number of nitrogens with zero attached hydrogens (tertiary/aromatic N) is 4.